The lowest BCUT2D eigenvalue weighted by Gasteiger charge is -2.28. The number of hydrogen-bond donors (Lipinski definition) is 5. The van der Waals surface area contributed by atoms with E-state index in [1.54, 1.807) is 24.1 Å². The Balaban J connectivity index is 1.47. The van der Waals surface area contributed by atoms with E-state index in [0.717, 1.165) is 21.8 Å². The predicted molar refractivity (Wildman–Crippen MR) is 186 cm³/mol. The molecule has 0 spiro atoms. The summed E-state index contributed by atoms with van der Waals surface area (Å²) in [5.74, 6) is 1.02. The Hall–Kier alpha value is -4.52. The van der Waals surface area contributed by atoms with Crippen LogP contribution < -0.4 is 14.2 Å². The number of unbranched alkanes of at least 4 members (excludes halogenated alkanes) is 4. The third-order valence-electron chi connectivity index (χ3n) is 8.15. The van der Waals surface area contributed by atoms with Gasteiger partial charge in [0.2, 0.25) is 5.91 Å². The SMILES string of the molecule is COc1ccccc1OCCN(CC(COc1cccc2[nH]c3ccccc3c12)OC(=O)CCCCCON(O)O)C(=O)CCCCCON(O)O. The number of benzene rings is 3. The van der Waals surface area contributed by atoms with Crippen LogP contribution in [-0.2, 0) is 24.0 Å². The van der Waals surface area contributed by atoms with Gasteiger partial charge in [-0.3, -0.25) is 40.1 Å². The monoisotopic (exact) mass is 728 g/mol. The van der Waals surface area contributed by atoms with Gasteiger partial charge in [-0.25, -0.2) is 0 Å². The van der Waals surface area contributed by atoms with E-state index in [2.05, 4.69) is 14.7 Å². The van der Waals surface area contributed by atoms with E-state index in [-0.39, 0.29) is 69.0 Å². The van der Waals surface area contributed by atoms with Gasteiger partial charge in [0.25, 0.3) is 0 Å². The summed E-state index contributed by atoms with van der Waals surface area (Å²) in [6.07, 6.45) is 2.61. The highest BCUT2D eigenvalue weighted by Crippen LogP contribution is 2.33. The number of nitrogens with one attached hydrogen (secondary N) is 1. The van der Waals surface area contributed by atoms with Gasteiger partial charge in [0, 0.05) is 29.1 Å². The highest BCUT2D eigenvalue weighted by atomic mass is 17.1. The van der Waals surface area contributed by atoms with E-state index in [4.69, 9.17) is 39.8 Å². The number of para-hydroxylation sites is 3. The summed E-state index contributed by atoms with van der Waals surface area (Å²) in [5, 5.41) is 36.0. The molecule has 0 aliphatic heterocycles. The molecule has 0 fully saturated rings. The fourth-order valence-electron chi connectivity index (χ4n) is 5.66. The number of carbonyl (C=O) groups excluding carboxylic acids is 2. The maximum absolute atomic E-state index is 13.6. The Morgan fingerprint density at radius 3 is 2.04 bits per heavy atom. The molecule has 1 heterocycles. The van der Waals surface area contributed by atoms with E-state index in [1.807, 2.05) is 54.6 Å². The van der Waals surface area contributed by atoms with Gasteiger partial charge >= 0.3 is 5.97 Å². The van der Waals surface area contributed by atoms with E-state index >= 15 is 0 Å². The molecule has 0 bridgehead atoms. The molecule has 52 heavy (non-hydrogen) atoms. The molecule has 16 heteroatoms. The summed E-state index contributed by atoms with van der Waals surface area (Å²) >= 11 is 0. The minimum Gasteiger partial charge on any atom is -0.493 e. The largest absolute Gasteiger partial charge is 0.493 e. The molecule has 0 aliphatic rings. The predicted octanol–water partition coefficient (Wildman–Crippen LogP) is 5.67. The first-order valence-electron chi connectivity index (χ1n) is 17.2. The van der Waals surface area contributed by atoms with Crippen LogP contribution in [0.4, 0.5) is 0 Å². The molecule has 1 aromatic heterocycles. The fourth-order valence-corrected chi connectivity index (χ4v) is 5.66. The minimum atomic E-state index is -0.836. The van der Waals surface area contributed by atoms with Crippen molar-refractivity contribution in [1.29, 1.82) is 0 Å². The van der Waals surface area contributed by atoms with Crippen molar-refractivity contribution in [2.24, 2.45) is 0 Å². The van der Waals surface area contributed by atoms with E-state index < -0.39 is 12.1 Å². The zero-order valence-corrected chi connectivity index (χ0v) is 29.2. The van der Waals surface area contributed by atoms with Crippen molar-refractivity contribution in [3.8, 4) is 17.2 Å². The van der Waals surface area contributed by atoms with Gasteiger partial charge in [0.05, 0.1) is 49.7 Å². The summed E-state index contributed by atoms with van der Waals surface area (Å²) in [5.41, 5.74) is 1.85. The maximum Gasteiger partial charge on any atom is 0.306 e. The summed E-state index contributed by atoms with van der Waals surface area (Å²) in [6.45, 7) is 0.468. The lowest BCUT2D eigenvalue weighted by atomic mass is 10.1. The molecule has 0 radical (unpaired) electrons. The highest BCUT2D eigenvalue weighted by molar-refractivity contribution is 6.10. The summed E-state index contributed by atoms with van der Waals surface area (Å²) in [6, 6.07) is 20.8. The normalized spacial score (nSPS) is 12.1. The molecule has 4 aromatic rings. The molecule has 1 unspecified atom stereocenters. The van der Waals surface area contributed by atoms with Gasteiger partial charge < -0.3 is 28.8 Å². The molecule has 3 aromatic carbocycles. The van der Waals surface area contributed by atoms with Crippen LogP contribution >= 0.6 is 0 Å². The molecular formula is C36H48N4O12. The molecule has 0 aliphatic carbocycles. The van der Waals surface area contributed by atoms with Gasteiger partial charge in [-0.1, -0.05) is 49.2 Å². The fraction of sp³-hybridized carbons (Fsp3) is 0.444. The second-order valence-corrected chi connectivity index (χ2v) is 11.9. The molecule has 4 rings (SSSR count). The number of H-pyrrole nitrogens is 1. The topological polar surface area (TPSA) is 196 Å². The van der Waals surface area contributed by atoms with Crippen LogP contribution in [0.25, 0.3) is 21.8 Å². The first-order chi connectivity index (χ1) is 25.2. The number of rotatable bonds is 25. The van der Waals surface area contributed by atoms with Gasteiger partial charge in [0.15, 0.2) is 17.6 Å². The smallest absolute Gasteiger partial charge is 0.306 e. The number of nitrogens with zero attached hydrogens (tertiary/aromatic N) is 3. The van der Waals surface area contributed by atoms with Gasteiger partial charge in [-0.15, -0.1) is 0 Å². The van der Waals surface area contributed by atoms with Crippen molar-refractivity contribution in [1.82, 2.24) is 20.7 Å². The standard InChI is InChI=1S/C36H48N4O12/c1-47-31-16-8-9-17-32(31)48-24-21-38(34(41)19-4-2-10-22-50-39(43)44)25-27(52-35(42)20-5-3-11-23-51-40(45)46)26-49-33-18-12-15-30-36(33)28-13-6-7-14-29(28)37-30/h6-9,12-18,27,37,43-46H,2-5,10-11,19-26H2,1H3. The van der Waals surface area contributed by atoms with Gasteiger partial charge in [-0.05, 0) is 56.0 Å². The molecule has 5 N–H and O–H groups in total. The second-order valence-electron chi connectivity index (χ2n) is 11.9. The Labute approximate surface area is 301 Å². The Morgan fingerprint density at radius 1 is 0.692 bits per heavy atom. The minimum absolute atomic E-state index is 0.0334. The molecule has 0 saturated carbocycles. The van der Waals surface area contributed by atoms with Crippen molar-refractivity contribution >= 4 is 33.7 Å². The number of hydrogen-bond acceptors (Lipinski definition) is 14. The molecule has 284 valence electrons. The zero-order valence-electron chi connectivity index (χ0n) is 29.2. The van der Waals surface area contributed by atoms with E-state index in [9.17, 15) is 9.59 Å². The number of carbonyl (C=O) groups is 2. The van der Waals surface area contributed by atoms with Crippen molar-refractivity contribution in [3.63, 3.8) is 0 Å². The van der Waals surface area contributed by atoms with Crippen LogP contribution in [0.5, 0.6) is 17.2 Å². The third kappa shape index (κ3) is 13.2. The van der Waals surface area contributed by atoms with Gasteiger partial charge in [-0.2, -0.15) is 0 Å². The first kappa shape index (κ1) is 40.3. The summed E-state index contributed by atoms with van der Waals surface area (Å²) in [7, 11) is 1.54. The third-order valence-corrected chi connectivity index (χ3v) is 8.15. The zero-order chi connectivity index (χ0) is 37.1. The molecule has 0 saturated heterocycles. The van der Waals surface area contributed by atoms with Crippen LogP contribution in [0, 0.1) is 0 Å². The number of aromatic amines is 1. The van der Waals surface area contributed by atoms with Crippen LogP contribution in [-0.4, -0.2) is 106 Å². The Bertz CT molecular complexity index is 1670. The van der Waals surface area contributed by atoms with Crippen LogP contribution in [0.3, 0.4) is 0 Å². The second kappa shape index (κ2) is 21.8. The number of ether oxygens (including phenoxy) is 4. The first-order valence-corrected chi connectivity index (χ1v) is 17.2. The number of methoxy groups -OCH3 is 1. The number of amides is 1. The average Bonchev–Trinajstić information content (AvgIpc) is 3.52. The van der Waals surface area contributed by atoms with Crippen LogP contribution in [0.2, 0.25) is 0 Å². The maximum atomic E-state index is 13.6. The van der Waals surface area contributed by atoms with Crippen molar-refractivity contribution in [2.45, 2.75) is 57.5 Å². The molecule has 1 amide bonds. The van der Waals surface area contributed by atoms with E-state index in [1.165, 1.54) is 0 Å². The molecular weight excluding hydrogens is 680 g/mol. The van der Waals surface area contributed by atoms with Crippen molar-refractivity contribution in [3.05, 3.63) is 66.7 Å². The van der Waals surface area contributed by atoms with Gasteiger partial charge in [0.1, 0.15) is 19.0 Å². The Kier molecular flexibility index (Phi) is 16.8. The lowest BCUT2D eigenvalue weighted by Crippen LogP contribution is -2.43. The molecule has 1 atom stereocenters. The lowest BCUT2D eigenvalue weighted by molar-refractivity contribution is -0.492. The number of aromatic nitrogens is 1. The summed E-state index contributed by atoms with van der Waals surface area (Å²) < 4.78 is 23.7. The quantitative estimate of drug-likeness (QED) is 0.0318. The summed E-state index contributed by atoms with van der Waals surface area (Å²) in [4.78, 5) is 40.9. The van der Waals surface area contributed by atoms with Crippen molar-refractivity contribution in [2.75, 3.05) is 46.6 Å². The Morgan fingerprint density at radius 2 is 1.33 bits per heavy atom. The number of fused-ring (bicyclic) bond motifs is 3. The molecule has 16 nitrogen and oxygen atoms in total. The average molecular weight is 729 g/mol. The van der Waals surface area contributed by atoms with Crippen LogP contribution in [0.15, 0.2) is 66.7 Å². The van der Waals surface area contributed by atoms with E-state index in [0.29, 0.717) is 55.8 Å². The highest BCUT2D eigenvalue weighted by Gasteiger charge is 2.24. The van der Waals surface area contributed by atoms with Crippen LogP contribution in [0.1, 0.15) is 51.4 Å². The van der Waals surface area contributed by atoms with Crippen molar-refractivity contribution < 1.29 is 59.0 Å². The number of esters is 1.